The number of aliphatic hydroxyl groups is 2. The number of carbonyl (C=O) groups is 11. The third-order valence-corrected chi connectivity index (χ3v) is 18.2. The van der Waals surface area contributed by atoms with Crippen LogP contribution in [0.5, 0.6) is 0 Å². The van der Waals surface area contributed by atoms with Crippen LogP contribution in [0, 0.1) is 35.5 Å². The maximum absolute atomic E-state index is 15.3. The minimum absolute atomic E-state index is 0.0320. The number of ether oxygens (including phenoxy) is 1. The van der Waals surface area contributed by atoms with Crippen LogP contribution in [0.1, 0.15) is 163 Å². The van der Waals surface area contributed by atoms with Crippen molar-refractivity contribution in [3.05, 3.63) is 12.2 Å². The number of allylic oxidation sites excluding steroid dienone is 2. The van der Waals surface area contributed by atoms with Crippen LogP contribution in [-0.2, 0) is 57.5 Å². The van der Waals surface area contributed by atoms with Crippen molar-refractivity contribution in [2.24, 2.45) is 35.5 Å². The lowest BCUT2D eigenvalue weighted by Crippen LogP contribution is -2.64. The second kappa shape index (κ2) is 39.2. The van der Waals surface area contributed by atoms with Crippen molar-refractivity contribution in [1.29, 1.82) is 0 Å². The van der Waals surface area contributed by atoms with E-state index in [1.165, 1.54) is 113 Å². The van der Waals surface area contributed by atoms with Gasteiger partial charge in [0, 0.05) is 73.9 Å². The molecule has 1 rings (SSSR count). The first-order chi connectivity index (χ1) is 43.0. The zero-order valence-electron chi connectivity index (χ0n) is 61.0. The zero-order valence-corrected chi connectivity index (χ0v) is 61.8. The van der Waals surface area contributed by atoms with Gasteiger partial charge in [-0.3, -0.25) is 52.7 Å². The van der Waals surface area contributed by atoms with E-state index >= 15 is 28.8 Å². The number of hydrogen-bond acceptors (Lipinski definition) is 15. The fraction of sp³-hybridized carbons (Fsp3) is 0.806. The molecule has 93 heavy (non-hydrogen) atoms. The predicted octanol–water partition coefficient (Wildman–Crippen LogP) is 3.52. The number of thioether (sulfide) groups is 1. The third-order valence-electron chi connectivity index (χ3n) is 17.2. The van der Waals surface area contributed by atoms with Gasteiger partial charge in [0.2, 0.25) is 65.0 Å². The van der Waals surface area contributed by atoms with Gasteiger partial charge in [-0.2, -0.15) is 11.8 Å². The highest BCUT2D eigenvalue weighted by Gasteiger charge is 2.47. The monoisotopic (exact) mass is 1340 g/mol. The number of nitrogens with zero attached hydrogens (tertiary/aromatic N) is 7. The Morgan fingerprint density at radius 1 is 0.516 bits per heavy atom. The molecule has 26 heteroatoms. The second-order valence-electron chi connectivity index (χ2n) is 28.0. The summed E-state index contributed by atoms with van der Waals surface area (Å²) in [6.45, 7) is 31.4. The third kappa shape index (κ3) is 25.0. The normalized spacial score (nSPS) is 26.6. The van der Waals surface area contributed by atoms with Crippen molar-refractivity contribution >= 4 is 76.7 Å². The lowest BCUT2D eigenvalue weighted by atomic mass is 9.91. The molecule has 1 fully saturated rings. The smallest absolute Gasteiger partial charge is 0.246 e. The van der Waals surface area contributed by atoms with Gasteiger partial charge in [0.15, 0.2) is 0 Å². The Hall–Kier alpha value is -5.86. The summed E-state index contributed by atoms with van der Waals surface area (Å²) in [4.78, 5) is 172. The molecule has 534 valence electrons. The molecule has 1 heterocycles. The van der Waals surface area contributed by atoms with E-state index in [-0.39, 0.29) is 62.0 Å². The van der Waals surface area contributed by atoms with Crippen LogP contribution in [0.2, 0.25) is 0 Å². The number of amides is 11. The van der Waals surface area contributed by atoms with E-state index in [1.54, 1.807) is 60.6 Å². The standard InChI is InChI=1S/C67H121N11O14S/c1-26-29-30-43(14)55(79)54-59(83)70-46(27-2)61(85)76(23)51(37-93-32-31-92-28-3)64(88)75(22)50(36-67(17,18)91)58(82)71-52(41(10)11)65(89)72(19)47(33-38(4)5)57(81)68-44(15)56(80)69-45(16)60(84)73(20)48(34-39(6)7)62(86)74(21)49(35-40(8)9)63(87)77(24)53(42(12)13)66(90)78(54)25/h26,29,38-55,79,91H,27-28,30-37H2,1-25H3,(H,68,81)(H,69,80)(H,70,83)(H,71,82)/t43-,44+,45-,46+,47+,48+,49+,50+,51-,52+,53+,54+,55-/m1/s1. The van der Waals surface area contributed by atoms with E-state index in [0.29, 0.717) is 19.0 Å². The highest BCUT2D eigenvalue weighted by atomic mass is 32.2. The summed E-state index contributed by atoms with van der Waals surface area (Å²) in [6, 6.07) is -14.5. The Morgan fingerprint density at radius 3 is 1.43 bits per heavy atom. The molecular weight excluding hydrogens is 1210 g/mol. The summed E-state index contributed by atoms with van der Waals surface area (Å²) < 4.78 is 5.58. The maximum Gasteiger partial charge on any atom is 0.246 e. The Kier molecular flexibility index (Phi) is 35.9. The Balaban J connectivity index is 4.56. The van der Waals surface area contributed by atoms with Gasteiger partial charge in [-0.15, -0.1) is 0 Å². The molecule has 13 atom stereocenters. The van der Waals surface area contributed by atoms with Crippen LogP contribution >= 0.6 is 11.8 Å². The lowest BCUT2D eigenvalue weighted by molar-refractivity contribution is -0.157. The summed E-state index contributed by atoms with van der Waals surface area (Å²) in [5.41, 5.74) is -1.59. The van der Waals surface area contributed by atoms with Crippen LogP contribution in [0.4, 0.5) is 0 Å². The topological polar surface area (TPSA) is 308 Å². The molecule has 11 amide bonds. The van der Waals surface area contributed by atoms with Crippen LogP contribution in [0.3, 0.4) is 0 Å². The highest BCUT2D eigenvalue weighted by molar-refractivity contribution is 7.99. The number of nitrogens with one attached hydrogen (secondary N) is 4. The van der Waals surface area contributed by atoms with Crippen molar-refractivity contribution in [2.45, 2.75) is 241 Å². The van der Waals surface area contributed by atoms with E-state index in [0.717, 1.165) is 9.80 Å². The van der Waals surface area contributed by atoms with E-state index in [9.17, 15) is 34.2 Å². The highest BCUT2D eigenvalue weighted by Crippen LogP contribution is 2.27. The molecular formula is C67H121N11O14S. The van der Waals surface area contributed by atoms with E-state index < -0.39 is 161 Å². The number of aliphatic hydroxyl groups excluding tert-OH is 1. The van der Waals surface area contributed by atoms with Gasteiger partial charge in [0.1, 0.15) is 66.5 Å². The Labute approximate surface area is 560 Å². The fourth-order valence-electron chi connectivity index (χ4n) is 11.4. The molecule has 1 saturated heterocycles. The number of hydrogen-bond donors (Lipinski definition) is 6. The lowest BCUT2D eigenvalue weighted by Gasteiger charge is -2.41. The minimum atomic E-state index is -1.66. The molecule has 0 radical (unpaired) electrons. The van der Waals surface area contributed by atoms with E-state index in [1.807, 2.05) is 48.5 Å². The van der Waals surface area contributed by atoms with Gasteiger partial charge >= 0.3 is 0 Å². The van der Waals surface area contributed by atoms with Crippen LogP contribution in [0.25, 0.3) is 0 Å². The fourth-order valence-corrected chi connectivity index (χ4v) is 12.4. The Bertz CT molecular complexity index is 2530. The molecule has 25 nitrogen and oxygen atoms in total. The average Bonchev–Trinajstić information content (AvgIpc) is 0.853. The predicted molar refractivity (Wildman–Crippen MR) is 363 cm³/mol. The van der Waals surface area contributed by atoms with Crippen molar-refractivity contribution in [2.75, 3.05) is 74.1 Å². The molecule has 0 bridgehead atoms. The van der Waals surface area contributed by atoms with Crippen LogP contribution in [-0.4, -0.2) is 262 Å². The van der Waals surface area contributed by atoms with Gasteiger partial charge in [-0.25, -0.2) is 0 Å². The molecule has 0 aromatic heterocycles. The summed E-state index contributed by atoms with van der Waals surface area (Å²) in [5.74, 6) is -10.0. The molecule has 0 aromatic carbocycles. The molecule has 0 unspecified atom stereocenters. The first-order valence-electron chi connectivity index (χ1n) is 33.2. The van der Waals surface area contributed by atoms with Gasteiger partial charge < -0.3 is 70.5 Å². The molecule has 0 saturated carbocycles. The quantitative estimate of drug-likeness (QED) is 0.0708. The van der Waals surface area contributed by atoms with Crippen molar-refractivity contribution in [3.63, 3.8) is 0 Å². The number of likely N-dealkylation sites (N-methyl/N-ethyl adjacent to an activating group) is 7. The van der Waals surface area contributed by atoms with Crippen LogP contribution < -0.4 is 21.3 Å². The molecule has 6 N–H and O–H groups in total. The SMILES string of the molecule is CC=CC[C@@H](C)[C@@H](O)[C@H]1C(=O)N[C@@H](CC)C(=O)N(C)[C@H](CSCCOCC)C(=O)N(C)[C@@H](CC(C)(C)O)C(=O)N[C@@H](C(C)C)C(=O)N(C)[C@@H](CC(C)C)C(=O)N[C@@H](C)C(=O)N[C@H](C)C(=O)N(C)[C@@H](CC(C)C)C(=O)N(C)[C@@H](CC(C)C)C(=O)N(C)[C@@H](C(C)C)C(=O)N1C. The Morgan fingerprint density at radius 2 is 0.957 bits per heavy atom. The molecule has 1 aliphatic heterocycles. The summed E-state index contributed by atoms with van der Waals surface area (Å²) in [5, 5.41) is 34.6. The average molecular weight is 1340 g/mol. The molecule has 0 aliphatic carbocycles. The van der Waals surface area contributed by atoms with Gasteiger partial charge in [-0.05, 0) is 109 Å². The first-order valence-corrected chi connectivity index (χ1v) is 34.4. The van der Waals surface area contributed by atoms with Gasteiger partial charge in [0.25, 0.3) is 0 Å². The minimum Gasteiger partial charge on any atom is -0.390 e. The molecule has 1 aliphatic rings. The first kappa shape index (κ1) is 85.2. The summed E-state index contributed by atoms with van der Waals surface area (Å²) in [7, 11) is 9.80. The van der Waals surface area contributed by atoms with Gasteiger partial charge in [-0.1, -0.05) is 95.2 Å². The summed E-state index contributed by atoms with van der Waals surface area (Å²) in [6.07, 6.45) is 2.31. The van der Waals surface area contributed by atoms with Crippen molar-refractivity contribution < 1.29 is 67.7 Å². The zero-order chi connectivity index (χ0) is 72.0. The van der Waals surface area contributed by atoms with Gasteiger partial charge in [0.05, 0.1) is 18.3 Å². The number of rotatable bonds is 21. The summed E-state index contributed by atoms with van der Waals surface area (Å²) >= 11 is 1.29. The number of carbonyl (C=O) groups excluding carboxylic acids is 11. The largest absolute Gasteiger partial charge is 0.390 e. The second-order valence-corrected chi connectivity index (χ2v) is 29.1. The molecule has 0 aromatic rings. The van der Waals surface area contributed by atoms with Crippen LogP contribution in [0.15, 0.2) is 12.2 Å². The van der Waals surface area contributed by atoms with Crippen molar-refractivity contribution in [1.82, 2.24) is 55.6 Å². The molecule has 0 spiro atoms. The maximum atomic E-state index is 15.3. The van der Waals surface area contributed by atoms with E-state index in [2.05, 4.69) is 21.3 Å². The van der Waals surface area contributed by atoms with Crippen molar-refractivity contribution in [3.8, 4) is 0 Å². The van der Waals surface area contributed by atoms with E-state index in [4.69, 9.17) is 4.74 Å².